The van der Waals surface area contributed by atoms with E-state index in [9.17, 15) is 9.59 Å². The van der Waals surface area contributed by atoms with Gasteiger partial charge in [-0.05, 0) is 58.5 Å². The van der Waals surface area contributed by atoms with Crippen molar-refractivity contribution in [3.63, 3.8) is 0 Å². The number of hydrazine groups is 1. The number of hydrogen-bond donors (Lipinski definition) is 2. The van der Waals surface area contributed by atoms with E-state index < -0.39 is 5.91 Å². The lowest BCUT2D eigenvalue weighted by Gasteiger charge is -2.06. The molecule has 2 rings (SSSR count). The minimum atomic E-state index is -0.422. The quantitative estimate of drug-likeness (QED) is 0.449. The first kappa shape index (κ1) is 16.5. The Hall–Kier alpha value is -1.86. The summed E-state index contributed by atoms with van der Waals surface area (Å²) in [5.41, 5.74) is 6.05. The highest BCUT2D eigenvalue weighted by atomic mass is 127. The molecule has 0 heterocycles. The van der Waals surface area contributed by atoms with Crippen LogP contribution in [-0.2, 0) is 4.79 Å². The zero-order chi connectivity index (χ0) is 15.9. The van der Waals surface area contributed by atoms with E-state index in [1.54, 1.807) is 42.5 Å². The van der Waals surface area contributed by atoms with Crippen LogP contribution >= 0.6 is 34.2 Å². The number of carbonyl (C=O) groups excluding carboxylic acids is 2. The lowest BCUT2D eigenvalue weighted by Crippen LogP contribution is -2.41. The summed E-state index contributed by atoms with van der Waals surface area (Å²) in [5.74, 6) is -0.785. The molecule has 0 saturated heterocycles. The molecule has 0 aromatic heterocycles. The van der Waals surface area contributed by atoms with Gasteiger partial charge in [-0.2, -0.15) is 0 Å². The van der Waals surface area contributed by atoms with Crippen molar-refractivity contribution in [2.75, 3.05) is 0 Å². The van der Waals surface area contributed by atoms with Crippen molar-refractivity contribution in [3.8, 4) is 0 Å². The van der Waals surface area contributed by atoms with Gasteiger partial charge in [-0.1, -0.05) is 35.9 Å². The Kier molecular flexibility index (Phi) is 5.97. The average Bonchev–Trinajstić information content (AvgIpc) is 2.52. The van der Waals surface area contributed by atoms with Gasteiger partial charge in [0.15, 0.2) is 0 Å². The van der Waals surface area contributed by atoms with Crippen molar-refractivity contribution >= 4 is 52.1 Å². The second-order valence-electron chi connectivity index (χ2n) is 4.31. The predicted octanol–water partition coefficient (Wildman–Crippen LogP) is 3.42. The van der Waals surface area contributed by atoms with E-state index in [1.807, 2.05) is 12.1 Å². The second kappa shape index (κ2) is 7.95. The Morgan fingerprint density at radius 3 is 2.36 bits per heavy atom. The highest BCUT2D eigenvalue weighted by Crippen LogP contribution is 2.11. The van der Waals surface area contributed by atoms with Crippen molar-refractivity contribution in [2.45, 2.75) is 0 Å². The molecule has 2 N–H and O–H groups in total. The average molecular weight is 427 g/mol. The molecule has 2 amide bonds. The van der Waals surface area contributed by atoms with Gasteiger partial charge in [0.2, 0.25) is 0 Å². The highest BCUT2D eigenvalue weighted by Gasteiger charge is 2.08. The van der Waals surface area contributed by atoms with E-state index in [4.69, 9.17) is 11.6 Å². The van der Waals surface area contributed by atoms with Crippen LogP contribution in [0.4, 0.5) is 0 Å². The van der Waals surface area contributed by atoms with Crippen LogP contribution in [0.25, 0.3) is 6.08 Å². The van der Waals surface area contributed by atoms with Gasteiger partial charge in [-0.25, -0.2) is 0 Å². The van der Waals surface area contributed by atoms with E-state index in [0.29, 0.717) is 10.6 Å². The van der Waals surface area contributed by atoms with Gasteiger partial charge < -0.3 is 0 Å². The maximum atomic E-state index is 11.9. The minimum Gasteiger partial charge on any atom is -0.268 e. The molecule has 0 fully saturated rings. The molecule has 0 radical (unpaired) electrons. The van der Waals surface area contributed by atoms with Gasteiger partial charge in [-0.3, -0.25) is 20.4 Å². The summed E-state index contributed by atoms with van der Waals surface area (Å²) in [7, 11) is 0. The highest BCUT2D eigenvalue weighted by molar-refractivity contribution is 14.1. The molecule has 6 heteroatoms. The smallest absolute Gasteiger partial charge is 0.268 e. The van der Waals surface area contributed by atoms with Crippen molar-refractivity contribution in [1.29, 1.82) is 0 Å². The Bertz CT molecular complexity index is 714. The molecule has 0 bridgehead atoms. The van der Waals surface area contributed by atoms with Gasteiger partial charge in [-0.15, -0.1) is 0 Å². The molecule has 112 valence electrons. The minimum absolute atomic E-state index is 0.363. The van der Waals surface area contributed by atoms with Crippen LogP contribution in [-0.4, -0.2) is 11.8 Å². The molecule has 22 heavy (non-hydrogen) atoms. The number of amides is 2. The number of nitrogens with one attached hydrogen (secondary N) is 2. The summed E-state index contributed by atoms with van der Waals surface area (Å²) in [6.07, 6.45) is 2.96. The van der Waals surface area contributed by atoms with Gasteiger partial charge in [0.1, 0.15) is 0 Å². The van der Waals surface area contributed by atoms with Crippen LogP contribution in [0.5, 0.6) is 0 Å². The third-order valence-electron chi connectivity index (χ3n) is 2.71. The monoisotopic (exact) mass is 426 g/mol. The van der Waals surface area contributed by atoms with E-state index >= 15 is 0 Å². The summed E-state index contributed by atoms with van der Waals surface area (Å²) in [5, 5.41) is 0.631. The molecule has 0 spiro atoms. The van der Waals surface area contributed by atoms with E-state index in [0.717, 1.165) is 9.13 Å². The normalized spacial score (nSPS) is 10.5. The van der Waals surface area contributed by atoms with Crippen molar-refractivity contribution in [2.24, 2.45) is 0 Å². The number of halogens is 2. The van der Waals surface area contributed by atoms with Gasteiger partial charge in [0, 0.05) is 14.7 Å². The molecule has 0 atom stereocenters. The Labute approximate surface area is 146 Å². The van der Waals surface area contributed by atoms with Crippen LogP contribution in [0.3, 0.4) is 0 Å². The third-order valence-corrected chi connectivity index (χ3v) is 3.91. The molecule has 4 nitrogen and oxygen atoms in total. The lowest BCUT2D eigenvalue weighted by atomic mass is 10.2. The molecule has 0 aliphatic rings. The van der Waals surface area contributed by atoms with E-state index in [-0.39, 0.29) is 5.91 Å². The molecule has 0 saturated carbocycles. The molecular formula is C16H12ClIN2O2. The van der Waals surface area contributed by atoms with Crippen molar-refractivity contribution in [3.05, 3.63) is 74.3 Å². The molecular weight excluding hydrogens is 415 g/mol. The topological polar surface area (TPSA) is 58.2 Å². The number of carbonyl (C=O) groups is 2. The maximum Gasteiger partial charge on any atom is 0.270 e. The zero-order valence-corrected chi connectivity index (χ0v) is 14.3. The van der Waals surface area contributed by atoms with Gasteiger partial charge in [0.05, 0.1) is 5.56 Å². The van der Waals surface area contributed by atoms with Crippen LogP contribution in [0.15, 0.2) is 54.6 Å². The Balaban J connectivity index is 1.89. The van der Waals surface area contributed by atoms with Crippen molar-refractivity contribution < 1.29 is 9.59 Å². The van der Waals surface area contributed by atoms with Gasteiger partial charge in [0.25, 0.3) is 11.8 Å². The lowest BCUT2D eigenvalue weighted by molar-refractivity contribution is -0.117. The molecule has 0 unspecified atom stereocenters. The first-order chi connectivity index (χ1) is 10.6. The summed E-state index contributed by atoms with van der Waals surface area (Å²) >= 11 is 7.84. The Morgan fingerprint density at radius 1 is 1.00 bits per heavy atom. The SMILES string of the molecule is O=C(/C=C/c1ccc(Cl)cc1)NNC(=O)c1ccccc1I. The number of benzene rings is 2. The summed E-state index contributed by atoms with van der Waals surface area (Å²) in [6.45, 7) is 0. The number of rotatable bonds is 3. The fourth-order valence-electron chi connectivity index (χ4n) is 1.62. The summed E-state index contributed by atoms with van der Waals surface area (Å²) in [6, 6.07) is 14.2. The largest absolute Gasteiger partial charge is 0.270 e. The van der Waals surface area contributed by atoms with Crippen LogP contribution in [0, 0.1) is 3.57 Å². The molecule has 2 aromatic carbocycles. The first-order valence-electron chi connectivity index (χ1n) is 6.35. The van der Waals surface area contributed by atoms with E-state index in [1.165, 1.54) is 6.08 Å². The zero-order valence-electron chi connectivity index (χ0n) is 11.3. The van der Waals surface area contributed by atoms with Crippen LogP contribution < -0.4 is 10.9 Å². The van der Waals surface area contributed by atoms with Crippen molar-refractivity contribution in [1.82, 2.24) is 10.9 Å². The fourth-order valence-corrected chi connectivity index (χ4v) is 2.38. The van der Waals surface area contributed by atoms with Crippen LogP contribution in [0.1, 0.15) is 15.9 Å². The molecule has 2 aromatic rings. The second-order valence-corrected chi connectivity index (χ2v) is 5.91. The Morgan fingerprint density at radius 2 is 1.68 bits per heavy atom. The maximum absolute atomic E-state index is 11.9. The summed E-state index contributed by atoms with van der Waals surface area (Å²) < 4.78 is 0.809. The molecule has 0 aliphatic heterocycles. The predicted molar refractivity (Wildman–Crippen MR) is 95.3 cm³/mol. The first-order valence-corrected chi connectivity index (χ1v) is 7.80. The molecule has 0 aliphatic carbocycles. The summed E-state index contributed by atoms with van der Waals surface area (Å²) in [4.78, 5) is 23.6. The fraction of sp³-hybridized carbons (Fsp3) is 0. The van der Waals surface area contributed by atoms with E-state index in [2.05, 4.69) is 33.4 Å². The van der Waals surface area contributed by atoms with Gasteiger partial charge >= 0.3 is 0 Å². The number of hydrogen-bond acceptors (Lipinski definition) is 2. The standard InChI is InChI=1S/C16H12ClIN2O2/c17-12-8-5-11(6-9-12)7-10-15(21)19-20-16(22)13-3-1-2-4-14(13)18/h1-10H,(H,19,21)(H,20,22)/b10-7+. The van der Waals surface area contributed by atoms with Crippen LogP contribution in [0.2, 0.25) is 5.02 Å². The third kappa shape index (κ3) is 4.85.